The van der Waals surface area contributed by atoms with Gasteiger partial charge >= 0.3 is 0 Å². The number of nitrogen functional groups attached to an aromatic ring is 1. The fourth-order valence-electron chi connectivity index (χ4n) is 4.73. The van der Waals surface area contributed by atoms with Crippen molar-refractivity contribution >= 4 is 38.7 Å². The van der Waals surface area contributed by atoms with E-state index in [0.717, 1.165) is 37.5 Å². The standard InChI is InChI=1S/C30H29F2N3O4S/c1-20-16-23(22-4-9-27(10-5-22)40(37,38)35-14-12-30(31,32)13-15-35)17-24-18-26(39-29(20)24)8-7-25(36)6-2-21-3-11-28(33)34-19-21/h2-6,9-11,16-19H,7-8,12-15H2,1H3,(H2,33,34)/b6-2+. The van der Waals surface area contributed by atoms with E-state index >= 15 is 0 Å². The highest BCUT2D eigenvalue weighted by Gasteiger charge is 2.38. The number of hydrogen-bond donors (Lipinski definition) is 1. The van der Waals surface area contributed by atoms with Crippen LogP contribution in [0.4, 0.5) is 14.6 Å². The van der Waals surface area contributed by atoms with Gasteiger partial charge in [0.15, 0.2) is 5.78 Å². The van der Waals surface area contributed by atoms with Crippen molar-refractivity contribution in [3.8, 4) is 11.1 Å². The lowest BCUT2D eigenvalue weighted by atomic mass is 10.0. The maximum Gasteiger partial charge on any atom is 0.250 e. The van der Waals surface area contributed by atoms with E-state index in [0.29, 0.717) is 18.0 Å². The monoisotopic (exact) mass is 565 g/mol. The summed E-state index contributed by atoms with van der Waals surface area (Å²) in [5.41, 5.74) is 9.71. The molecule has 2 aromatic heterocycles. The van der Waals surface area contributed by atoms with Crippen molar-refractivity contribution in [1.29, 1.82) is 0 Å². The zero-order chi connectivity index (χ0) is 28.5. The number of nitrogens with zero attached hydrogens (tertiary/aromatic N) is 2. The molecule has 10 heteroatoms. The predicted molar refractivity (Wildman–Crippen MR) is 150 cm³/mol. The maximum atomic E-state index is 13.5. The van der Waals surface area contributed by atoms with Crippen LogP contribution in [0.5, 0.6) is 0 Å². The van der Waals surface area contributed by atoms with Gasteiger partial charge in [-0.15, -0.1) is 0 Å². The number of pyridine rings is 1. The Morgan fingerprint density at radius 2 is 1.80 bits per heavy atom. The molecule has 0 amide bonds. The highest BCUT2D eigenvalue weighted by atomic mass is 32.2. The lowest BCUT2D eigenvalue weighted by molar-refractivity contribution is -0.114. The number of allylic oxidation sites excluding steroid dienone is 1. The summed E-state index contributed by atoms with van der Waals surface area (Å²) in [5.74, 6) is -1.74. The predicted octanol–water partition coefficient (Wildman–Crippen LogP) is 6.02. The first-order chi connectivity index (χ1) is 19.0. The van der Waals surface area contributed by atoms with Gasteiger partial charge in [0.2, 0.25) is 10.0 Å². The van der Waals surface area contributed by atoms with Crippen LogP contribution < -0.4 is 5.73 Å². The summed E-state index contributed by atoms with van der Waals surface area (Å²) in [4.78, 5) is 16.4. The van der Waals surface area contributed by atoms with Gasteiger partial charge in [0, 0.05) is 50.4 Å². The van der Waals surface area contributed by atoms with E-state index in [1.54, 1.807) is 36.5 Å². The number of halogens is 2. The third-order valence-electron chi connectivity index (χ3n) is 7.02. The minimum absolute atomic E-state index is 0.0389. The number of alkyl halides is 2. The third-order valence-corrected chi connectivity index (χ3v) is 8.93. The molecule has 0 bridgehead atoms. The van der Waals surface area contributed by atoms with E-state index in [4.69, 9.17) is 10.2 Å². The van der Waals surface area contributed by atoms with Crippen molar-refractivity contribution in [2.75, 3.05) is 18.8 Å². The quantitative estimate of drug-likeness (QED) is 0.262. The molecule has 208 valence electrons. The van der Waals surface area contributed by atoms with Crippen LogP contribution in [0.15, 0.2) is 76.2 Å². The van der Waals surface area contributed by atoms with Gasteiger partial charge in [-0.2, -0.15) is 4.31 Å². The summed E-state index contributed by atoms with van der Waals surface area (Å²) in [5, 5.41) is 0.881. The van der Waals surface area contributed by atoms with Crippen molar-refractivity contribution < 1.29 is 26.4 Å². The van der Waals surface area contributed by atoms with Gasteiger partial charge in [-0.05, 0) is 83.8 Å². The minimum atomic E-state index is -3.84. The van der Waals surface area contributed by atoms with Crippen molar-refractivity contribution in [1.82, 2.24) is 9.29 Å². The average Bonchev–Trinajstić information content (AvgIpc) is 3.35. The second-order valence-corrected chi connectivity index (χ2v) is 12.0. The number of carbonyl (C=O) groups is 1. The van der Waals surface area contributed by atoms with Crippen LogP contribution in [0, 0.1) is 6.92 Å². The minimum Gasteiger partial charge on any atom is -0.461 e. The zero-order valence-corrected chi connectivity index (χ0v) is 22.8. The number of benzene rings is 2. The van der Waals surface area contributed by atoms with Gasteiger partial charge < -0.3 is 10.2 Å². The van der Waals surface area contributed by atoms with Crippen LogP contribution >= 0.6 is 0 Å². The number of rotatable bonds is 8. The molecule has 40 heavy (non-hydrogen) atoms. The van der Waals surface area contributed by atoms with Crippen LogP contribution in [0.2, 0.25) is 0 Å². The van der Waals surface area contributed by atoms with E-state index in [-0.39, 0.29) is 30.2 Å². The third kappa shape index (κ3) is 6.13. The number of sulfonamides is 1. The first-order valence-corrected chi connectivity index (χ1v) is 14.4. The molecule has 7 nitrogen and oxygen atoms in total. The second kappa shape index (κ2) is 10.9. The smallest absolute Gasteiger partial charge is 0.250 e. The zero-order valence-electron chi connectivity index (χ0n) is 21.9. The van der Waals surface area contributed by atoms with Gasteiger partial charge in [0.25, 0.3) is 5.92 Å². The summed E-state index contributed by atoms with van der Waals surface area (Å²) < 4.78 is 60.0. The van der Waals surface area contributed by atoms with Crippen LogP contribution in [0.25, 0.3) is 28.2 Å². The molecule has 0 aliphatic carbocycles. The van der Waals surface area contributed by atoms with Gasteiger partial charge in [-0.25, -0.2) is 22.2 Å². The fraction of sp³-hybridized carbons (Fsp3) is 0.267. The Hall–Kier alpha value is -3.89. The van der Waals surface area contributed by atoms with Gasteiger partial charge in [0.1, 0.15) is 17.2 Å². The topological polar surface area (TPSA) is 106 Å². The number of ketones is 1. The molecule has 2 aromatic carbocycles. The molecule has 0 atom stereocenters. The normalized spacial score (nSPS) is 16.1. The lowest BCUT2D eigenvalue weighted by Gasteiger charge is -2.30. The van der Waals surface area contributed by atoms with E-state index in [1.165, 1.54) is 18.2 Å². The summed E-state index contributed by atoms with van der Waals surface area (Å²) in [6.07, 6.45) is 4.61. The molecule has 5 rings (SSSR count). The Balaban J connectivity index is 1.27. The highest BCUT2D eigenvalue weighted by molar-refractivity contribution is 7.89. The number of fused-ring (bicyclic) bond motifs is 1. The number of carbonyl (C=O) groups excluding carboxylic acids is 1. The summed E-state index contributed by atoms with van der Waals surface area (Å²) in [6, 6.07) is 15.8. The van der Waals surface area contributed by atoms with E-state index in [2.05, 4.69) is 4.98 Å². The molecule has 0 spiro atoms. The fourth-order valence-corrected chi connectivity index (χ4v) is 6.17. The average molecular weight is 566 g/mol. The summed E-state index contributed by atoms with van der Waals surface area (Å²) in [6.45, 7) is 1.54. The Kier molecular flexibility index (Phi) is 7.57. The Bertz CT molecular complexity index is 1670. The number of hydrogen-bond acceptors (Lipinski definition) is 6. The number of furan rings is 1. The highest BCUT2D eigenvalue weighted by Crippen LogP contribution is 2.33. The summed E-state index contributed by atoms with van der Waals surface area (Å²) in [7, 11) is -3.84. The van der Waals surface area contributed by atoms with E-state index in [9.17, 15) is 22.0 Å². The van der Waals surface area contributed by atoms with Crippen molar-refractivity contribution in [2.24, 2.45) is 0 Å². The molecular formula is C30H29F2N3O4S. The van der Waals surface area contributed by atoms with E-state index < -0.39 is 28.8 Å². The molecule has 2 N–H and O–H groups in total. The first-order valence-electron chi connectivity index (χ1n) is 12.9. The van der Waals surface area contributed by atoms with Crippen LogP contribution in [0.3, 0.4) is 0 Å². The number of aromatic nitrogens is 1. The van der Waals surface area contributed by atoms with Crippen molar-refractivity contribution in [3.63, 3.8) is 0 Å². The summed E-state index contributed by atoms with van der Waals surface area (Å²) >= 11 is 0. The van der Waals surface area contributed by atoms with Crippen molar-refractivity contribution in [3.05, 3.63) is 83.8 Å². The molecule has 1 fully saturated rings. The van der Waals surface area contributed by atoms with E-state index in [1.807, 2.05) is 25.1 Å². The van der Waals surface area contributed by atoms with Crippen LogP contribution in [-0.4, -0.2) is 42.5 Å². The SMILES string of the molecule is Cc1cc(-c2ccc(S(=O)(=O)N3CCC(F)(F)CC3)cc2)cc2cc(CCC(=O)/C=C/c3ccc(N)nc3)oc12. The number of anilines is 1. The van der Waals surface area contributed by atoms with Crippen LogP contribution in [0.1, 0.15) is 36.1 Å². The molecule has 4 aromatic rings. The molecule has 3 heterocycles. The Morgan fingerprint density at radius 1 is 1.07 bits per heavy atom. The lowest BCUT2D eigenvalue weighted by Crippen LogP contribution is -2.42. The molecule has 1 aliphatic rings. The van der Waals surface area contributed by atoms with Gasteiger partial charge in [-0.3, -0.25) is 4.79 Å². The molecule has 0 radical (unpaired) electrons. The van der Waals surface area contributed by atoms with Crippen molar-refractivity contribution in [2.45, 2.75) is 43.4 Å². The molecular weight excluding hydrogens is 536 g/mol. The molecule has 1 aliphatic heterocycles. The number of piperidine rings is 1. The number of nitrogens with two attached hydrogens (primary N) is 1. The molecule has 1 saturated heterocycles. The van der Waals surface area contributed by atoms with Gasteiger partial charge in [0.05, 0.1) is 4.90 Å². The molecule has 0 unspecified atom stereocenters. The second-order valence-electron chi connectivity index (χ2n) is 10.0. The Morgan fingerprint density at radius 3 is 2.48 bits per heavy atom. The Labute approximate surface area is 231 Å². The largest absolute Gasteiger partial charge is 0.461 e. The van der Waals surface area contributed by atoms with Crippen LogP contribution in [-0.2, 0) is 21.2 Å². The van der Waals surface area contributed by atoms with Gasteiger partial charge in [-0.1, -0.05) is 12.1 Å². The molecule has 0 saturated carbocycles. The first kappa shape index (κ1) is 27.7. The maximum absolute atomic E-state index is 13.5. The number of aryl methyl sites for hydroxylation is 2.